The topological polar surface area (TPSA) is 68.3 Å². The minimum Gasteiger partial charge on any atom is -0.550 e. The van der Waals surface area contributed by atoms with Crippen LogP contribution in [0.25, 0.3) is 4.98 Å². The SMILES string of the molecule is CC(=O)[O-].N#[N+]c1cc(F)c(F)cc1Cl. The van der Waals surface area contributed by atoms with Crippen LogP contribution in [0.5, 0.6) is 0 Å². The second-order valence-electron chi connectivity index (χ2n) is 2.31. The summed E-state index contributed by atoms with van der Waals surface area (Å²) in [6.45, 7) is 0.972. The van der Waals surface area contributed by atoms with Gasteiger partial charge in [0, 0.05) is 12.0 Å². The molecule has 0 radical (unpaired) electrons. The number of carbonyl (C=O) groups is 1. The lowest BCUT2D eigenvalue weighted by molar-refractivity contribution is -0.302. The highest BCUT2D eigenvalue weighted by atomic mass is 35.5. The molecule has 1 rings (SSSR count). The standard InChI is InChI=1S/C6H2ClF2N2.C2H4O2/c7-3-1-4(8)5(9)2-6(3)11-10;1-2(3)4/h1-2H;1H3,(H,3,4)/q+1;/p-1. The van der Waals surface area contributed by atoms with Gasteiger partial charge >= 0.3 is 5.69 Å². The fraction of sp³-hybridized carbons (Fsp3) is 0.125. The van der Waals surface area contributed by atoms with Crippen molar-refractivity contribution in [2.45, 2.75) is 6.92 Å². The Kier molecular flexibility index (Phi) is 5.20. The third-order valence-electron chi connectivity index (χ3n) is 1.10. The lowest BCUT2D eigenvalue weighted by Gasteiger charge is -1.88. The van der Waals surface area contributed by atoms with E-state index in [0.29, 0.717) is 6.07 Å². The summed E-state index contributed by atoms with van der Waals surface area (Å²) in [5, 5.41) is 16.9. The van der Waals surface area contributed by atoms with E-state index < -0.39 is 17.6 Å². The Morgan fingerprint density at radius 2 is 1.87 bits per heavy atom. The third-order valence-corrected chi connectivity index (χ3v) is 1.40. The highest BCUT2D eigenvalue weighted by molar-refractivity contribution is 6.33. The van der Waals surface area contributed by atoms with E-state index in [2.05, 4.69) is 4.98 Å². The zero-order valence-electron chi connectivity index (χ0n) is 7.50. The fourth-order valence-corrected chi connectivity index (χ4v) is 0.777. The van der Waals surface area contributed by atoms with Crippen LogP contribution >= 0.6 is 11.6 Å². The van der Waals surface area contributed by atoms with Gasteiger partial charge in [-0.3, -0.25) is 0 Å². The van der Waals surface area contributed by atoms with E-state index in [1.807, 2.05) is 0 Å². The van der Waals surface area contributed by atoms with Crippen LogP contribution in [-0.4, -0.2) is 5.97 Å². The fourth-order valence-electron chi connectivity index (χ4n) is 0.589. The largest absolute Gasteiger partial charge is 0.550 e. The Bertz CT molecular complexity index is 414. The summed E-state index contributed by atoms with van der Waals surface area (Å²) in [5.74, 6) is -3.25. The van der Waals surface area contributed by atoms with E-state index in [9.17, 15) is 8.78 Å². The highest BCUT2D eigenvalue weighted by Crippen LogP contribution is 2.26. The molecule has 0 N–H and O–H groups in total. The Labute approximate surface area is 88.7 Å². The van der Waals surface area contributed by atoms with Gasteiger partial charge in [-0.25, -0.2) is 8.78 Å². The number of aliphatic carboxylic acids is 1. The number of diazo groups is 1. The Morgan fingerprint density at radius 3 is 2.27 bits per heavy atom. The van der Waals surface area contributed by atoms with Gasteiger partial charge in [0.05, 0.1) is 6.07 Å². The molecule has 7 heteroatoms. The van der Waals surface area contributed by atoms with Crippen LogP contribution in [0.1, 0.15) is 6.92 Å². The quantitative estimate of drug-likeness (QED) is 0.508. The summed E-state index contributed by atoms with van der Waals surface area (Å²) in [4.78, 5) is 11.5. The van der Waals surface area contributed by atoms with Crippen molar-refractivity contribution in [2.75, 3.05) is 0 Å². The van der Waals surface area contributed by atoms with Crippen molar-refractivity contribution in [1.82, 2.24) is 0 Å². The zero-order valence-corrected chi connectivity index (χ0v) is 8.26. The number of carbonyl (C=O) groups excluding carboxylic acids is 1. The molecule has 15 heavy (non-hydrogen) atoms. The molecule has 0 aromatic heterocycles. The molecule has 80 valence electrons. The molecule has 0 bridgehead atoms. The maximum Gasteiger partial charge on any atom is 0.406 e. The first-order chi connectivity index (χ1) is 6.88. The summed E-state index contributed by atoms with van der Waals surface area (Å²) < 4.78 is 24.7. The number of benzene rings is 1. The summed E-state index contributed by atoms with van der Waals surface area (Å²) >= 11 is 5.34. The Morgan fingerprint density at radius 1 is 1.47 bits per heavy atom. The van der Waals surface area contributed by atoms with Gasteiger partial charge in [-0.05, 0) is 6.92 Å². The van der Waals surface area contributed by atoms with Crippen LogP contribution in [0.2, 0.25) is 5.02 Å². The predicted octanol–water partition coefficient (Wildman–Crippen LogP) is 1.86. The average molecular weight is 235 g/mol. The van der Waals surface area contributed by atoms with Crippen molar-refractivity contribution in [3.05, 3.63) is 33.8 Å². The number of halogens is 3. The van der Waals surface area contributed by atoms with Crippen LogP contribution in [0.15, 0.2) is 12.1 Å². The van der Waals surface area contributed by atoms with E-state index in [4.69, 9.17) is 26.9 Å². The lowest BCUT2D eigenvalue weighted by Crippen LogP contribution is -2.16. The Hall–Kier alpha value is -1.74. The maximum atomic E-state index is 12.3. The van der Waals surface area contributed by atoms with E-state index >= 15 is 0 Å². The first-order valence-electron chi connectivity index (χ1n) is 3.55. The van der Waals surface area contributed by atoms with E-state index in [-0.39, 0.29) is 10.7 Å². The normalized spacial score (nSPS) is 8.47. The molecule has 1 aromatic rings. The molecule has 0 saturated heterocycles. The van der Waals surface area contributed by atoms with Crippen molar-refractivity contribution in [2.24, 2.45) is 0 Å². The second kappa shape index (κ2) is 5.88. The Balaban J connectivity index is 0.000000423. The number of carboxylic acid groups (broad SMARTS) is 1. The second-order valence-corrected chi connectivity index (χ2v) is 2.72. The van der Waals surface area contributed by atoms with Gasteiger partial charge in [0.15, 0.2) is 16.6 Å². The van der Waals surface area contributed by atoms with E-state index in [1.165, 1.54) is 0 Å². The van der Waals surface area contributed by atoms with Gasteiger partial charge in [0.2, 0.25) is 5.39 Å². The van der Waals surface area contributed by atoms with Gasteiger partial charge in [-0.2, -0.15) is 0 Å². The monoisotopic (exact) mass is 234 g/mol. The van der Waals surface area contributed by atoms with E-state index in [0.717, 1.165) is 13.0 Å². The molecule has 0 heterocycles. The van der Waals surface area contributed by atoms with Gasteiger partial charge in [-0.1, -0.05) is 11.6 Å². The summed E-state index contributed by atoms with van der Waals surface area (Å²) in [7, 11) is 0. The van der Waals surface area contributed by atoms with Gasteiger partial charge in [0.1, 0.15) is 5.02 Å². The number of hydrogen-bond donors (Lipinski definition) is 0. The lowest BCUT2D eigenvalue weighted by atomic mass is 10.3. The first kappa shape index (κ1) is 13.3. The molecule has 0 aliphatic carbocycles. The molecule has 0 unspecified atom stereocenters. The molecule has 0 aliphatic heterocycles. The molecule has 0 atom stereocenters. The van der Waals surface area contributed by atoms with Crippen molar-refractivity contribution in [3.8, 4) is 0 Å². The summed E-state index contributed by atoms with van der Waals surface area (Å²) in [6.07, 6.45) is 0. The highest BCUT2D eigenvalue weighted by Gasteiger charge is 2.16. The van der Waals surface area contributed by atoms with Crippen LogP contribution in [-0.2, 0) is 4.79 Å². The zero-order chi connectivity index (χ0) is 12.0. The smallest absolute Gasteiger partial charge is 0.406 e. The molecular weight excluding hydrogens is 230 g/mol. The molecule has 0 amide bonds. The van der Waals surface area contributed by atoms with Gasteiger partial charge in [-0.15, -0.1) is 0 Å². The predicted molar refractivity (Wildman–Crippen MR) is 46.8 cm³/mol. The van der Waals surface area contributed by atoms with Crippen LogP contribution < -0.4 is 5.11 Å². The number of nitrogens with zero attached hydrogens (tertiary/aromatic N) is 2. The molecule has 0 fully saturated rings. The first-order valence-corrected chi connectivity index (χ1v) is 3.93. The van der Waals surface area contributed by atoms with Gasteiger partial charge < -0.3 is 9.90 Å². The summed E-state index contributed by atoms with van der Waals surface area (Å²) in [5.41, 5.74) is -0.189. The third kappa shape index (κ3) is 4.88. The molecular formula is C8H5ClF2N2O2. The van der Waals surface area contributed by atoms with Crippen LogP contribution in [0, 0.1) is 17.0 Å². The number of carboxylic acids is 1. The number of rotatable bonds is 0. The van der Waals surface area contributed by atoms with Crippen molar-refractivity contribution in [3.63, 3.8) is 0 Å². The summed E-state index contributed by atoms with van der Waals surface area (Å²) in [6, 6.07) is 1.45. The molecule has 4 nitrogen and oxygen atoms in total. The molecule has 0 spiro atoms. The van der Waals surface area contributed by atoms with Gasteiger partial charge in [0.25, 0.3) is 0 Å². The average Bonchev–Trinajstić information content (AvgIpc) is 2.10. The van der Waals surface area contributed by atoms with Crippen LogP contribution in [0.4, 0.5) is 14.5 Å². The molecule has 0 aliphatic rings. The maximum absolute atomic E-state index is 12.3. The molecule has 1 aromatic carbocycles. The van der Waals surface area contributed by atoms with Crippen molar-refractivity contribution < 1.29 is 18.7 Å². The minimum absolute atomic E-state index is 0.133. The van der Waals surface area contributed by atoms with Crippen molar-refractivity contribution in [1.29, 1.82) is 5.39 Å². The van der Waals surface area contributed by atoms with Crippen LogP contribution in [0.3, 0.4) is 0 Å². The molecule has 0 saturated carbocycles. The minimum atomic E-state index is -1.10. The number of hydrogen-bond acceptors (Lipinski definition) is 3. The van der Waals surface area contributed by atoms with Crippen molar-refractivity contribution >= 4 is 23.3 Å². The van der Waals surface area contributed by atoms with E-state index in [1.54, 1.807) is 0 Å².